The summed E-state index contributed by atoms with van der Waals surface area (Å²) in [6, 6.07) is 6.10. The molecule has 3 rings (SSSR count). The van der Waals surface area contributed by atoms with E-state index in [1.165, 1.54) is 11.3 Å². The number of thiazole rings is 1. The van der Waals surface area contributed by atoms with Gasteiger partial charge in [-0.3, -0.25) is 4.79 Å². The molecule has 1 heterocycles. The molecule has 1 saturated carbocycles. The van der Waals surface area contributed by atoms with Crippen molar-refractivity contribution in [1.29, 1.82) is 0 Å². The lowest BCUT2D eigenvalue weighted by Crippen LogP contribution is -2.33. The number of nitrogens with zero attached hydrogens (tertiary/aromatic N) is 2. The molecule has 0 bridgehead atoms. The third-order valence-corrected chi connectivity index (χ3v) is 4.21. The minimum atomic E-state index is 0.137. The molecule has 1 amide bonds. The van der Waals surface area contributed by atoms with E-state index in [0.29, 0.717) is 11.2 Å². The Kier molecular flexibility index (Phi) is 3.14. The average Bonchev–Trinajstić information content (AvgIpc) is 3.15. The van der Waals surface area contributed by atoms with Gasteiger partial charge in [-0.25, -0.2) is 4.98 Å². The number of nitrogens with two attached hydrogens (primary N) is 1. The highest BCUT2D eigenvalue weighted by atomic mass is 32.1. The first-order valence-electron chi connectivity index (χ1n) is 6.66. The number of hydrogen-bond donors (Lipinski definition) is 1. The molecule has 0 unspecified atom stereocenters. The van der Waals surface area contributed by atoms with Crippen LogP contribution in [0.1, 0.15) is 36.5 Å². The maximum Gasteiger partial charge on any atom is 0.254 e. The van der Waals surface area contributed by atoms with Crippen molar-refractivity contribution >= 4 is 32.6 Å². The average molecular weight is 275 g/mol. The van der Waals surface area contributed by atoms with Crippen molar-refractivity contribution in [2.24, 2.45) is 0 Å². The monoisotopic (exact) mass is 275 g/mol. The van der Waals surface area contributed by atoms with Crippen LogP contribution in [-0.2, 0) is 0 Å². The molecule has 0 aliphatic heterocycles. The predicted octanol–water partition coefficient (Wildman–Crippen LogP) is 2.89. The lowest BCUT2D eigenvalue weighted by molar-refractivity contribution is 0.0743. The first-order chi connectivity index (χ1) is 9.19. The molecule has 1 aliphatic carbocycles. The van der Waals surface area contributed by atoms with E-state index < -0.39 is 0 Å². The van der Waals surface area contributed by atoms with Crippen molar-refractivity contribution in [2.45, 2.75) is 32.2 Å². The van der Waals surface area contributed by atoms with Gasteiger partial charge in [-0.15, -0.1) is 0 Å². The summed E-state index contributed by atoms with van der Waals surface area (Å²) >= 11 is 1.43. The fourth-order valence-electron chi connectivity index (χ4n) is 2.32. The summed E-state index contributed by atoms with van der Waals surface area (Å²) < 4.78 is 0.982. The molecule has 0 saturated heterocycles. The molecule has 1 aromatic heterocycles. The predicted molar refractivity (Wildman–Crippen MR) is 78.4 cm³/mol. The second kappa shape index (κ2) is 4.81. The van der Waals surface area contributed by atoms with Gasteiger partial charge in [0.05, 0.1) is 10.2 Å². The molecule has 0 atom stereocenters. The first kappa shape index (κ1) is 12.4. The molecule has 2 N–H and O–H groups in total. The van der Waals surface area contributed by atoms with E-state index in [1.807, 2.05) is 23.1 Å². The quantitative estimate of drug-likeness (QED) is 0.933. The molecule has 4 nitrogen and oxygen atoms in total. The largest absolute Gasteiger partial charge is 0.375 e. The van der Waals surface area contributed by atoms with Crippen molar-refractivity contribution in [3.8, 4) is 0 Å². The second-order valence-electron chi connectivity index (χ2n) is 4.96. The van der Waals surface area contributed by atoms with Crippen molar-refractivity contribution in [2.75, 3.05) is 12.3 Å². The van der Waals surface area contributed by atoms with Crippen LogP contribution in [0.3, 0.4) is 0 Å². The highest BCUT2D eigenvalue weighted by molar-refractivity contribution is 7.22. The lowest BCUT2D eigenvalue weighted by Gasteiger charge is -2.21. The Morgan fingerprint density at radius 2 is 2.32 bits per heavy atom. The van der Waals surface area contributed by atoms with Crippen LogP contribution in [0.2, 0.25) is 0 Å². The zero-order valence-corrected chi connectivity index (χ0v) is 11.7. The van der Waals surface area contributed by atoms with Gasteiger partial charge in [0.15, 0.2) is 5.13 Å². The highest BCUT2D eigenvalue weighted by Crippen LogP contribution is 2.30. The van der Waals surface area contributed by atoms with Crippen molar-refractivity contribution in [3.05, 3.63) is 23.8 Å². The van der Waals surface area contributed by atoms with E-state index in [2.05, 4.69) is 11.9 Å². The van der Waals surface area contributed by atoms with Crippen LogP contribution in [0.5, 0.6) is 0 Å². The summed E-state index contributed by atoms with van der Waals surface area (Å²) in [4.78, 5) is 18.8. The molecule has 2 aromatic rings. The summed E-state index contributed by atoms with van der Waals surface area (Å²) in [7, 11) is 0. The van der Waals surface area contributed by atoms with E-state index in [0.717, 1.165) is 41.6 Å². The van der Waals surface area contributed by atoms with Crippen LogP contribution in [0.25, 0.3) is 10.2 Å². The fourth-order valence-corrected chi connectivity index (χ4v) is 3.09. The zero-order valence-electron chi connectivity index (χ0n) is 10.9. The molecule has 0 spiro atoms. The van der Waals surface area contributed by atoms with Crippen LogP contribution in [0.4, 0.5) is 5.13 Å². The van der Waals surface area contributed by atoms with E-state index in [9.17, 15) is 4.79 Å². The number of carbonyl (C=O) groups is 1. The van der Waals surface area contributed by atoms with Crippen LogP contribution in [0, 0.1) is 0 Å². The standard InChI is InChI=1S/C14H17N3OS/c1-2-7-17(10-4-5-10)13(18)9-3-6-11-12(8-9)19-14(15)16-11/h3,6,8,10H,2,4-5,7H2,1H3,(H2,15,16). The van der Waals surface area contributed by atoms with Crippen molar-refractivity contribution < 1.29 is 4.79 Å². The number of aromatic nitrogens is 1. The van der Waals surface area contributed by atoms with Gasteiger partial charge in [-0.2, -0.15) is 0 Å². The number of rotatable bonds is 4. The van der Waals surface area contributed by atoms with Crippen molar-refractivity contribution in [1.82, 2.24) is 9.88 Å². The zero-order chi connectivity index (χ0) is 13.4. The summed E-state index contributed by atoms with van der Waals surface area (Å²) in [6.07, 6.45) is 3.28. The number of anilines is 1. The van der Waals surface area contributed by atoms with Crippen molar-refractivity contribution in [3.63, 3.8) is 0 Å². The van der Waals surface area contributed by atoms with Crippen LogP contribution in [-0.4, -0.2) is 28.4 Å². The minimum Gasteiger partial charge on any atom is -0.375 e. The van der Waals surface area contributed by atoms with Gasteiger partial charge in [-0.1, -0.05) is 18.3 Å². The molecule has 1 aliphatic rings. The van der Waals surface area contributed by atoms with Crippen LogP contribution >= 0.6 is 11.3 Å². The molecular formula is C14H17N3OS. The Hall–Kier alpha value is -1.62. The van der Waals surface area contributed by atoms with E-state index >= 15 is 0 Å². The van der Waals surface area contributed by atoms with Gasteiger partial charge in [0.1, 0.15) is 0 Å². The Morgan fingerprint density at radius 1 is 1.53 bits per heavy atom. The van der Waals surface area contributed by atoms with E-state index in [4.69, 9.17) is 5.73 Å². The van der Waals surface area contributed by atoms with Crippen LogP contribution < -0.4 is 5.73 Å². The van der Waals surface area contributed by atoms with Gasteiger partial charge < -0.3 is 10.6 Å². The number of nitrogen functional groups attached to an aromatic ring is 1. The summed E-state index contributed by atoms with van der Waals surface area (Å²) in [5.74, 6) is 0.137. The minimum absolute atomic E-state index is 0.137. The number of fused-ring (bicyclic) bond motifs is 1. The molecule has 1 aromatic carbocycles. The molecule has 5 heteroatoms. The van der Waals surface area contributed by atoms with Gasteiger partial charge in [0, 0.05) is 18.2 Å². The SMILES string of the molecule is CCCN(C(=O)c1ccc2nc(N)sc2c1)C1CC1. The number of hydrogen-bond acceptors (Lipinski definition) is 4. The maximum atomic E-state index is 12.5. The maximum absolute atomic E-state index is 12.5. The van der Waals surface area contributed by atoms with E-state index in [1.54, 1.807) is 0 Å². The lowest BCUT2D eigenvalue weighted by atomic mass is 10.2. The van der Waals surface area contributed by atoms with Crippen LogP contribution in [0.15, 0.2) is 18.2 Å². The Morgan fingerprint density at radius 3 is 3.00 bits per heavy atom. The normalized spacial score (nSPS) is 14.8. The highest BCUT2D eigenvalue weighted by Gasteiger charge is 2.32. The third kappa shape index (κ3) is 2.42. The Balaban J connectivity index is 1.91. The van der Waals surface area contributed by atoms with E-state index in [-0.39, 0.29) is 5.91 Å². The molecule has 19 heavy (non-hydrogen) atoms. The molecule has 0 radical (unpaired) electrons. The summed E-state index contributed by atoms with van der Waals surface area (Å²) in [5, 5.41) is 0.548. The van der Waals surface area contributed by atoms with Gasteiger partial charge in [0.2, 0.25) is 0 Å². The smallest absolute Gasteiger partial charge is 0.254 e. The molecular weight excluding hydrogens is 258 g/mol. The molecule has 1 fully saturated rings. The number of benzene rings is 1. The Bertz CT molecular complexity index is 618. The number of carbonyl (C=O) groups excluding carboxylic acids is 1. The summed E-state index contributed by atoms with van der Waals surface area (Å²) in [6.45, 7) is 2.95. The topological polar surface area (TPSA) is 59.2 Å². The fraction of sp³-hybridized carbons (Fsp3) is 0.429. The number of amides is 1. The van der Waals surface area contributed by atoms with Gasteiger partial charge in [-0.05, 0) is 37.5 Å². The molecule has 100 valence electrons. The Labute approximate surface area is 116 Å². The first-order valence-corrected chi connectivity index (χ1v) is 7.47. The van der Waals surface area contributed by atoms with Gasteiger partial charge in [0.25, 0.3) is 5.91 Å². The second-order valence-corrected chi connectivity index (χ2v) is 6.03. The summed E-state index contributed by atoms with van der Waals surface area (Å²) in [5.41, 5.74) is 7.31. The van der Waals surface area contributed by atoms with Gasteiger partial charge >= 0.3 is 0 Å². The third-order valence-electron chi connectivity index (χ3n) is 3.36.